The lowest BCUT2D eigenvalue weighted by molar-refractivity contribution is -0.385. The smallest absolute Gasteiger partial charge is 0.293 e. The first kappa shape index (κ1) is 19.0. The topological polar surface area (TPSA) is 146 Å². The molecule has 1 aromatic heterocycles. The van der Waals surface area contributed by atoms with Crippen molar-refractivity contribution in [3.8, 4) is 0 Å². The van der Waals surface area contributed by atoms with E-state index in [9.17, 15) is 28.6 Å². The van der Waals surface area contributed by atoms with Crippen LogP contribution in [0.15, 0.2) is 75.1 Å². The Labute approximate surface area is 158 Å². The summed E-state index contributed by atoms with van der Waals surface area (Å²) in [5.41, 5.74) is -0.732. The van der Waals surface area contributed by atoms with Gasteiger partial charge < -0.3 is 9.73 Å². The van der Waals surface area contributed by atoms with Gasteiger partial charge in [-0.1, -0.05) is 6.07 Å². The van der Waals surface area contributed by atoms with E-state index in [0.717, 1.165) is 18.2 Å². The number of nitro benzene ring substituents is 2. The summed E-state index contributed by atoms with van der Waals surface area (Å²) in [4.78, 5) is 20.2. The van der Waals surface area contributed by atoms with Gasteiger partial charge in [0.1, 0.15) is 11.4 Å². The molecule has 1 N–H and O–H groups in total. The molecule has 0 aliphatic carbocycles. The first-order chi connectivity index (χ1) is 13.3. The van der Waals surface area contributed by atoms with Crippen LogP contribution in [-0.2, 0) is 16.4 Å². The molecule has 11 heteroatoms. The molecule has 0 saturated carbocycles. The molecular weight excluding hydrogens is 390 g/mol. The van der Waals surface area contributed by atoms with Gasteiger partial charge in [0.25, 0.3) is 11.4 Å². The maximum absolute atomic E-state index is 12.8. The van der Waals surface area contributed by atoms with Crippen molar-refractivity contribution in [3.63, 3.8) is 0 Å². The molecule has 0 fully saturated rings. The first-order valence-electron chi connectivity index (χ1n) is 7.83. The number of anilines is 1. The van der Waals surface area contributed by atoms with Crippen LogP contribution in [-0.4, -0.2) is 18.3 Å². The molecule has 0 aliphatic rings. The fourth-order valence-corrected chi connectivity index (χ4v) is 3.79. The van der Waals surface area contributed by atoms with E-state index in [0.29, 0.717) is 5.76 Å². The highest BCUT2D eigenvalue weighted by molar-refractivity contribution is 7.91. The molecule has 0 atom stereocenters. The zero-order valence-corrected chi connectivity index (χ0v) is 15.0. The molecule has 3 rings (SSSR count). The van der Waals surface area contributed by atoms with Crippen LogP contribution in [0.5, 0.6) is 0 Å². The summed E-state index contributed by atoms with van der Waals surface area (Å²) in [7, 11) is -4.18. The van der Waals surface area contributed by atoms with E-state index in [1.54, 1.807) is 12.1 Å². The maximum atomic E-state index is 12.8. The predicted molar refractivity (Wildman–Crippen MR) is 97.7 cm³/mol. The molecule has 2 aromatic carbocycles. The summed E-state index contributed by atoms with van der Waals surface area (Å²) in [5, 5.41) is 25.1. The van der Waals surface area contributed by atoms with Gasteiger partial charge in [-0.15, -0.1) is 0 Å². The summed E-state index contributed by atoms with van der Waals surface area (Å²) < 4.78 is 30.7. The number of hydrogen-bond acceptors (Lipinski definition) is 8. The minimum atomic E-state index is -4.18. The van der Waals surface area contributed by atoms with Crippen LogP contribution in [0.4, 0.5) is 17.1 Å². The van der Waals surface area contributed by atoms with Crippen molar-refractivity contribution < 1.29 is 22.7 Å². The number of benzene rings is 2. The first-order valence-corrected chi connectivity index (χ1v) is 9.31. The van der Waals surface area contributed by atoms with Crippen LogP contribution in [0.25, 0.3) is 0 Å². The number of hydrogen-bond donors (Lipinski definition) is 1. The Morgan fingerprint density at radius 1 is 0.929 bits per heavy atom. The quantitative estimate of drug-likeness (QED) is 0.465. The van der Waals surface area contributed by atoms with Crippen LogP contribution in [0.2, 0.25) is 0 Å². The van der Waals surface area contributed by atoms with Gasteiger partial charge in [-0.3, -0.25) is 20.2 Å². The van der Waals surface area contributed by atoms with E-state index >= 15 is 0 Å². The van der Waals surface area contributed by atoms with Crippen molar-refractivity contribution in [2.45, 2.75) is 16.3 Å². The van der Waals surface area contributed by atoms with Crippen molar-refractivity contribution in [2.75, 3.05) is 5.32 Å². The number of nitrogens with zero attached hydrogens (tertiary/aromatic N) is 2. The highest BCUT2D eigenvalue weighted by atomic mass is 32.2. The van der Waals surface area contributed by atoms with Crippen molar-refractivity contribution >= 4 is 26.9 Å². The molecule has 0 bridgehead atoms. The molecule has 28 heavy (non-hydrogen) atoms. The number of furan rings is 1. The van der Waals surface area contributed by atoms with E-state index in [4.69, 9.17) is 4.42 Å². The van der Waals surface area contributed by atoms with Crippen LogP contribution in [0.1, 0.15) is 5.76 Å². The molecule has 0 spiro atoms. The van der Waals surface area contributed by atoms with Crippen LogP contribution >= 0.6 is 0 Å². The molecule has 0 aliphatic heterocycles. The van der Waals surface area contributed by atoms with Gasteiger partial charge in [-0.25, -0.2) is 8.42 Å². The molecule has 0 radical (unpaired) electrons. The van der Waals surface area contributed by atoms with Crippen LogP contribution < -0.4 is 5.32 Å². The molecule has 0 unspecified atom stereocenters. The Hall–Kier alpha value is -3.73. The second-order valence-corrected chi connectivity index (χ2v) is 7.58. The lowest BCUT2D eigenvalue weighted by Gasteiger charge is -2.09. The monoisotopic (exact) mass is 403 g/mol. The fraction of sp³-hybridized carbons (Fsp3) is 0.0588. The molecule has 0 amide bonds. The standard InChI is InChI=1S/C17H13N3O7S/c21-19(22)12-3-1-5-14(9-12)28(25,26)15-6-7-16(17(10-15)20(23)24)18-11-13-4-2-8-27-13/h1-10,18H,11H2. The van der Waals surface area contributed by atoms with Crippen molar-refractivity contribution in [3.05, 3.63) is 86.8 Å². The number of non-ortho nitro benzene ring substituents is 1. The molecule has 3 aromatic rings. The average molecular weight is 403 g/mol. The normalized spacial score (nSPS) is 11.1. The number of rotatable bonds is 7. The van der Waals surface area contributed by atoms with Gasteiger partial charge in [-0.05, 0) is 30.3 Å². The van der Waals surface area contributed by atoms with Gasteiger partial charge in [-0.2, -0.15) is 0 Å². The molecule has 0 saturated heterocycles. The zero-order valence-electron chi connectivity index (χ0n) is 14.1. The summed E-state index contributed by atoms with van der Waals surface area (Å²) in [6.45, 7) is 0.171. The van der Waals surface area contributed by atoms with Crippen molar-refractivity contribution in [1.82, 2.24) is 0 Å². The summed E-state index contributed by atoms with van der Waals surface area (Å²) >= 11 is 0. The van der Waals surface area contributed by atoms with Gasteiger partial charge >= 0.3 is 0 Å². The second kappa shape index (κ2) is 7.48. The highest BCUT2D eigenvalue weighted by Crippen LogP contribution is 2.31. The Bertz CT molecular complexity index is 1140. The average Bonchev–Trinajstić information content (AvgIpc) is 3.19. The fourth-order valence-electron chi connectivity index (χ4n) is 2.47. The largest absolute Gasteiger partial charge is 0.467 e. The summed E-state index contributed by atoms with van der Waals surface area (Å²) in [6.07, 6.45) is 1.46. The van der Waals surface area contributed by atoms with E-state index in [2.05, 4.69) is 5.32 Å². The van der Waals surface area contributed by atoms with Gasteiger partial charge in [0.05, 0.1) is 32.4 Å². The summed E-state index contributed by atoms with van der Waals surface area (Å²) in [5.74, 6) is 0.544. The Kier molecular flexibility index (Phi) is 5.09. The number of nitrogens with one attached hydrogen (secondary N) is 1. The second-order valence-electron chi connectivity index (χ2n) is 5.63. The van der Waals surface area contributed by atoms with Crippen molar-refractivity contribution in [1.29, 1.82) is 0 Å². The van der Waals surface area contributed by atoms with E-state index in [-0.39, 0.29) is 22.0 Å². The third-order valence-corrected chi connectivity index (χ3v) is 5.60. The minimum absolute atomic E-state index is 0.111. The SMILES string of the molecule is O=[N+]([O-])c1cccc(S(=O)(=O)c2ccc(NCc3ccco3)c([N+](=O)[O-])c2)c1. The van der Waals surface area contributed by atoms with E-state index in [1.807, 2.05) is 0 Å². The van der Waals surface area contributed by atoms with E-state index < -0.39 is 31.1 Å². The predicted octanol–water partition coefficient (Wildman–Crippen LogP) is 3.54. The van der Waals surface area contributed by atoms with Gasteiger partial charge in [0.2, 0.25) is 9.84 Å². The van der Waals surface area contributed by atoms with E-state index in [1.165, 1.54) is 30.5 Å². The Balaban J connectivity index is 1.97. The van der Waals surface area contributed by atoms with Crippen molar-refractivity contribution in [2.24, 2.45) is 0 Å². The van der Waals surface area contributed by atoms with Crippen LogP contribution in [0.3, 0.4) is 0 Å². The van der Waals surface area contributed by atoms with Gasteiger partial charge in [0.15, 0.2) is 0 Å². The molecule has 10 nitrogen and oxygen atoms in total. The maximum Gasteiger partial charge on any atom is 0.293 e. The lowest BCUT2D eigenvalue weighted by atomic mass is 10.2. The molecule has 1 heterocycles. The number of nitro groups is 2. The molecular formula is C17H13N3O7S. The minimum Gasteiger partial charge on any atom is -0.467 e. The Morgan fingerprint density at radius 2 is 1.68 bits per heavy atom. The molecule has 144 valence electrons. The van der Waals surface area contributed by atoms with Gasteiger partial charge in [0, 0.05) is 18.2 Å². The highest BCUT2D eigenvalue weighted by Gasteiger charge is 2.24. The Morgan fingerprint density at radius 3 is 2.32 bits per heavy atom. The third kappa shape index (κ3) is 3.83. The number of sulfone groups is 1. The summed E-state index contributed by atoms with van der Waals surface area (Å²) in [6, 6.07) is 11.2. The lowest BCUT2D eigenvalue weighted by Crippen LogP contribution is -2.06. The third-order valence-electron chi connectivity index (χ3n) is 3.85. The van der Waals surface area contributed by atoms with Crippen LogP contribution in [0, 0.1) is 20.2 Å². The zero-order chi connectivity index (χ0) is 20.3.